The lowest BCUT2D eigenvalue weighted by Gasteiger charge is -2.18. The van der Waals surface area contributed by atoms with Crippen LogP contribution in [-0.2, 0) is 14.9 Å². The van der Waals surface area contributed by atoms with E-state index in [1.807, 2.05) is 44.2 Å². The minimum Gasteiger partial charge on any atom is -0.462 e. The molecule has 0 bridgehead atoms. The molecule has 0 radical (unpaired) electrons. The maximum Gasteiger partial charge on any atom is 0.317 e. The molecule has 1 unspecified atom stereocenters. The third-order valence-electron chi connectivity index (χ3n) is 3.39. The van der Waals surface area contributed by atoms with Gasteiger partial charge in [-0.3, -0.25) is 4.79 Å². The van der Waals surface area contributed by atoms with Gasteiger partial charge in [0.05, 0.1) is 11.5 Å². The van der Waals surface area contributed by atoms with E-state index >= 15 is 0 Å². The molecule has 2 rings (SSSR count). The van der Waals surface area contributed by atoms with E-state index in [1.165, 1.54) is 0 Å². The molecule has 1 saturated carbocycles. The number of esters is 1. The normalized spacial score (nSPS) is 26.9. The highest BCUT2D eigenvalue weighted by molar-refractivity contribution is 5.87. The Morgan fingerprint density at radius 3 is 2.59 bits per heavy atom. The van der Waals surface area contributed by atoms with Crippen molar-refractivity contribution in [1.29, 1.82) is 0 Å². The number of benzene rings is 1. The first-order valence-electron chi connectivity index (χ1n) is 6.08. The number of carbonyl (C=O) groups is 1. The van der Waals surface area contributed by atoms with Gasteiger partial charge >= 0.3 is 5.97 Å². The highest BCUT2D eigenvalue weighted by atomic mass is 16.5. The van der Waals surface area contributed by atoms with Crippen LogP contribution in [0.4, 0.5) is 0 Å². The average molecular weight is 233 g/mol. The molecule has 0 spiro atoms. The maximum absolute atomic E-state index is 12.2. The van der Waals surface area contributed by atoms with E-state index in [9.17, 15) is 4.79 Å². The summed E-state index contributed by atoms with van der Waals surface area (Å²) < 4.78 is 5.37. The van der Waals surface area contributed by atoms with Crippen LogP contribution in [0.15, 0.2) is 30.3 Å². The van der Waals surface area contributed by atoms with Crippen LogP contribution in [0, 0.1) is 5.92 Å². The van der Waals surface area contributed by atoms with Gasteiger partial charge in [-0.25, -0.2) is 0 Å². The van der Waals surface area contributed by atoms with Crippen molar-refractivity contribution in [3.8, 4) is 0 Å². The van der Waals surface area contributed by atoms with Gasteiger partial charge in [-0.05, 0) is 38.3 Å². The first-order chi connectivity index (χ1) is 8.11. The van der Waals surface area contributed by atoms with E-state index in [4.69, 9.17) is 10.5 Å². The fourth-order valence-electron chi connectivity index (χ4n) is 2.39. The van der Waals surface area contributed by atoms with Crippen LogP contribution in [0.25, 0.3) is 0 Å². The Labute approximate surface area is 102 Å². The molecule has 2 atom stereocenters. The lowest BCUT2D eigenvalue weighted by atomic mass is 9.93. The fourth-order valence-corrected chi connectivity index (χ4v) is 2.39. The van der Waals surface area contributed by atoms with Crippen LogP contribution in [0.1, 0.15) is 25.8 Å². The van der Waals surface area contributed by atoms with Crippen molar-refractivity contribution in [1.82, 2.24) is 0 Å². The van der Waals surface area contributed by atoms with Gasteiger partial charge in [0.15, 0.2) is 0 Å². The first-order valence-corrected chi connectivity index (χ1v) is 6.08. The van der Waals surface area contributed by atoms with Crippen molar-refractivity contribution >= 4 is 5.97 Å². The van der Waals surface area contributed by atoms with E-state index in [0.717, 1.165) is 12.0 Å². The summed E-state index contributed by atoms with van der Waals surface area (Å²) in [6, 6.07) is 9.82. The molecule has 0 saturated heterocycles. The lowest BCUT2D eigenvalue weighted by Crippen LogP contribution is -2.29. The van der Waals surface area contributed by atoms with Gasteiger partial charge < -0.3 is 10.5 Å². The van der Waals surface area contributed by atoms with E-state index in [0.29, 0.717) is 6.54 Å². The number of hydrogen-bond acceptors (Lipinski definition) is 3. The Hall–Kier alpha value is -1.35. The minimum atomic E-state index is -0.486. The molecule has 2 N–H and O–H groups in total. The molecule has 1 aliphatic carbocycles. The van der Waals surface area contributed by atoms with E-state index in [1.54, 1.807) is 0 Å². The lowest BCUT2D eigenvalue weighted by molar-refractivity contribution is -0.151. The summed E-state index contributed by atoms with van der Waals surface area (Å²) in [5.41, 5.74) is 6.25. The number of nitrogens with two attached hydrogens (primary N) is 1. The second-order valence-electron chi connectivity index (χ2n) is 4.93. The summed E-state index contributed by atoms with van der Waals surface area (Å²) in [7, 11) is 0. The van der Waals surface area contributed by atoms with Gasteiger partial charge in [-0.1, -0.05) is 30.3 Å². The Morgan fingerprint density at radius 2 is 2.12 bits per heavy atom. The molecule has 1 aliphatic rings. The standard InChI is InChI=1S/C14H19NO2/c1-10(2)17-13(16)14(8-12(14)9-15)11-6-4-3-5-7-11/h3-7,10,12H,8-9,15H2,1-2H3/t12?,14-/m1/s1. The van der Waals surface area contributed by atoms with Gasteiger partial charge in [0, 0.05) is 0 Å². The summed E-state index contributed by atoms with van der Waals surface area (Å²) in [6.45, 7) is 4.27. The van der Waals surface area contributed by atoms with Gasteiger partial charge in [0.25, 0.3) is 0 Å². The highest BCUT2D eigenvalue weighted by Gasteiger charge is 2.61. The van der Waals surface area contributed by atoms with Crippen LogP contribution in [-0.4, -0.2) is 18.6 Å². The van der Waals surface area contributed by atoms with Crippen molar-refractivity contribution in [3.63, 3.8) is 0 Å². The molecule has 0 aliphatic heterocycles. The van der Waals surface area contributed by atoms with Crippen molar-refractivity contribution in [3.05, 3.63) is 35.9 Å². The largest absolute Gasteiger partial charge is 0.462 e. The first kappa shape index (κ1) is 12.1. The Morgan fingerprint density at radius 1 is 1.47 bits per heavy atom. The number of hydrogen-bond donors (Lipinski definition) is 1. The van der Waals surface area contributed by atoms with Crippen LogP contribution in [0.3, 0.4) is 0 Å². The van der Waals surface area contributed by atoms with Gasteiger partial charge in [-0.2, -0.15) is 0 Å². The van der Waals surface area contributed by atoms with Crippen LogP contribution in [0.5, 0.6) is 0 Å². The minimum absolute atomic E-state index is 0.0814. The van der Waals surface area contributed by atoms with Crippen molar-refractivity contribution in [2.24, 2.45) is 11.7 Å². The van der Waals surface area contributed by atoms with Gasteiger partial charge in [-0.15, -0.1) is 0 Å². The topological polar surface area (TPSA) is 52.3 Å². The van der Waals surface area contributed by atoms with E-state index in [2.05, 4.69) is 0 Å². The zero-order valence-corrected chi connectivity index (χ0v) is 10.3. The third-order valence-corrected chi connectivity index (χ3v) is 3.39. The predicted octanol–water partition coefficient (Wildman–Crippen LogP) is 1.85. The molecule has 1 fully saturated rings. The SMILES string of the molecule is CC(C)OC(=O)[C@@]1(c2ccccc2)CC1CN. The molecule has 92 valence electrons. The summed E-state index contributed by atoms with van der Waals surface area (Å²) in [4.78, 5) is 12.2. The predicted molar refractivity (Wildman–Crippen MR) is 66.5 cm³/mol. The molecular formula is C14H19NO2. The molecular weight excluding hydrogens is 214 g/mol. The molecule has 17 heavy (non-hydrogen) atoms. The van der Waals surface area contributed by atoms with Gasteiger partial charge in [0.2, 0.25) is 0 Å². The average Bonchev–Trinajstić information content (AvgIpc) is 3.05. The quantitative estimate of drug-likeness (QED) is 0.807. The van der Waals surface area contributed by atoms with Crippen LogP contribution >= 0.6 is 0 Å². The van der Waals surface area contributed by atoms with E-state index in [-0.39, 0.29) is 18.0 Å². The fraction of sp³-hybridized carbons (Fsp3) is 0.500. The highest BCUT2D eigenvalue weighted by Crippen LogP contribution is 2.54. The third kappa shape index (κ3) is 2.07. The smallest absolute Gasteiger partial charge is 0.317 e. The van der Waals surface area contributed by atoms with Crippen LogP contribution in [0.2, 0.25) is 0 Å². The molecule has 3 nitrogen and oxygen atoms in total. The molecule has 1 aromatic carbocycles. The molecule has 0 aromatic heterocycles. The van der Waals surface area contributed by atoms with Crippen molar-refractivity contribution < 1.29 is 9.53 Å². The van der Waals surface area contributed by atoms with E-state index < -0.39 is 5.41 Å². The molecule has 0 heterocycles. The number of ether oxygens (including phenoxy) is 1. The summed E-state index contributed by atoms with van der Waals surface area (Å²) in [5, 5.41) is 0. The number of rotatable bonds is 4. The Balaban J connectivity index is 2.26. The summed E-state index contributed by atoms with van der Waals surface area (Å²) in [5.74, 6) is 0.0882. The van der Waals surface area contributed by atoms with Crippen LogP contribution < -0.4 is 5.73 Å². The molecule has 3 heteroatoms. The second kappa shape index (κ2) is 4.49. The van der Waals surface area contributed by atoms with Crippen molar-refractivity contribution in [2.75, 3.05) is 6.54 Å². The Kier molecular flexibility index (Phi) is 3.20. The molecule has 1 aromatic rings. The molecule has 0 amide bonds. The maximum atomic E-state index is 12.2. The Bertz CT molecular complexity index is 402. The zero-order chi connectivity index (χ0) is 12.5. The summed E-state index contributed by atoms with van der Waals surface area (Å²) >= 11 is 0. The zero-order valence-electron chi connectivity index (χ0n) is 10.3. The van der Waals surface area contributed by atoms with Crippen molar-refractivity contribution in [2.45, 2.75) is 31.8 Å². The van der Waals surface area contributed by atoms with Gasteiger partial charge in [0.1, 0.15) is 0 Å². The number of carbonyl (C=O) groups excluding carboxylic acids is 1. The summed E-state index contributed by atoms with van der Waals surface area (Å²) in [6.07, 6.45) is 0.723. The monoisotopic (exact) mass is 233 g/mol. The second-order valence-corrected chi connectivity index (χ2v) is 4.93.